The Labute approximate surface area is 104 Å². The normalized spacial score (nSPS) is 24.6. The van der Waals surface area contributed by atoms with E-state index in [1.54, 1.807) is 0 Å². The second-order valence-corrected chi connectivity index (χ2v) is 5.64. The van der Waals surface area contributed by atoms with Gasteiger partial charge >= 0.3 is 0 Å². The van der Waals surface area contributed by atoms with E-state index in [9.17, 15) is 4.79 Å². The molecule has 0 atom stereocenters. The van der Waals surface area contributed by atoms with E-state index in [0.29, 0.717) is 17.7 Å². The van der Waals surface area contributed by atoms with Crippen molar-refractivity contribution in [3.63, 3.8) is 0 Å². The molecule has 0 spiro atoms. The Morgan fingerprint density at radius 3 is 2.12 bits per heavy atom. The minimum Gasteiger partial charge on any atom is -0.396 e. The van der Waals surface area contributed by atoms with Gasteiger partial charge in [0.2, 0.25) is 5.91 Å². The van der Waals surface area contributed by atoms with Crippen LogP contribution >= 0.6 is 0 Å². The van der Waals surface area contributed by atoms with Crippen LogP contribution in [0.5, 0.6) is 0 Å². The first-order valence-corrected chi connectivity index (χ1v) is 7.21. The maximum atomic E-state index is 12.4. The molecule has 17 heavy (non-hydrogen) atoms. The molecule has 1 N–H and O–H groups in total. The zero-order valence-corrected chi connectivity index (χ0v) is 10.7. The Morgan fingerprint density at radius 2 is 1.59 bits per heavy atom. The van der Waals surface area contributed by atoms with Gasteiger partial charge < -0.3 is 10.0 Å². The maximum absolute atomic E-state index is 12.4. The van der Waals surface area contributed by atoms with Crippen molar-refractivity contribution in [3.8, 4) is 0 Å². The van der Waals surface area contributed by atoms with E-state index in [4.69, 9.17) is 5.11 Å². The molecule has 0 aromatic heterocycles. The van der Waals surface area contributed by atoms with E-state index in [1.807, 2.05) is 4.90 Å². The lowest BCUT2D eigenvalue weighted by molar-refractivity contribution is -0.137. The van der Waals surface area contributed by atoms with Crippen LogP contribution in [0.3, 0.4) is 0 Å². The molecule has 1 saturated carbocycles. The number of aliphatic hydroxyl groups is 1. The van der Waals surface area contributed by atoms with Gasteiger partial charge in [0.15, 0.2) is 0 Å². The highest BCUT2D eigenvalue weighted by Crippen LogP contribution is 2.26. The molecule has 0 unspecified atom stereocenters. The molecule has 3 nitrogen and oxygen atoms in total. The van der Waals surface area contributed by atoms with Crippen molar-refractivity contribution >= 4 is 5.91 Å². The number of likely N-dealkylation sites (tertiary alicyclic amines) is 1. The van der Waals surface area contributed by atoms with Gasteiger partial charge in [0.1, 0.15) is 0 Å². The molecular weight excluding hydrogens is 214 g/mol. The van der Waals surface area contributed by atoms with Gasteiger partial charge in [-0.3, -0.25) is 4.79 Å². The first-order chi connectivity index (χ1) is 8.31. The summed E-state index contributed by atoms with van der Waals surface area (Å²) >= 11 is 0. The minimum atomic E-state index is 0.283. The van der Waals surface area contributed by atoms with E-state index in [-0.39, 0.29) is 6.61 Å². The van der Waals surface area contributed by atoms with Crippen molar-refractivity contribution in [2.24, 2.45) is 11.8 Å². The van der Waals surface area contributed by atoms with Gasteiger partial charge in [-0.15, -0.1) is 0 Å². The van der Waals surface area contributed by atoms with Crippen molar-refractivity contribution in [3.05, 3.63) is 0 Å². The van der Waals surface area contributed by atoms with Crippen molar-refractivity contribution in [1.82, 2.24) is 4.90 Å². The lowest BCUT2D eigenvalue weighted by Crippen LogP contribution is -2.42. The molecule has 1 heterocycles. The fraction of sp³-hybridized carbons (Fsp3) is 0.929. The molecule has 0 aromatic rings. The summed E-state index contributed by atoms with van der Waals surface area (Å²) in [6.45, 7) is 2.01. The second-order valence-electron chi connectivity index (χ2n) is 5.64. The monoisotopic (exact) mass is 239 g/mol. The fourth-order valence-electron chi connectivity index (χ4n) is 3.12. The number of amides is 1. The van der Waals surface area contributed by atoms with Crippen molar-refractivity contribution in [2.45, 2.75) is 51.4 Å². The number of aliphatic hydroxyl groups excluding tert-OH is 1. The summed E-state index contributed by atoms with van der Waals surface area (Å²) in [7, 11) is 0. The number of carbonyl (C=O) groups excluding carboxylic acids is 1. The molecule has 1 amide bonds. The SMILES string of the molecule is O=C(C1CCCCCC1)N1CCC(CO)CC1. The summed E-state index contributed by atoms with van der Waals surface area (Å²) in [6.07, 6.45) is 9.21. The minimum absolute atomic E-state index is 0.283. The second kappa shape index (κ2) is 6.39. The third-order valence-corrected chi connectivity index (χ3v) is 4.39. The summed E-state index contributed by atoms with van der Waals surface area (Å²) in [6, 6.07) is 0. The van der Waals surface area contributed by atoms with Gasteiger partial charge in [0, 0.05) is 25.6 Å². The summed E-state index contributed by atoms with van der Waals surface area (Å²) < 4.78 is 0. The predicted molar refractivity (Wildman–Crippen MR) is 67.6 cm³/mol. The zero-order valence-electron chi connectivity index (χ0n) is 10.7. The smallest absolute Gasteiger partial charge is 0.225 e. The Balaban J connectivity index is 1.82. The lowest BCUT2D eigenvalue weighted by Gasteiger charge is -2.33. The van der Waals surface area contributed by atoms with Gasteiger partial charge in [-0.2, -0.15) is 0 Å². The maximum Gasteiger partial charge on any atom is 0.225 e. The summed E-state index contributed by atoms with van der Waals surface area (Å²) in [5, 5.41) is 9.10. The van der Waals surface area contributed by atoms with E-state index in [0.717, 1.165) is 38.8 Å². The Kier molecular flexibility index (Phi) is 4.84. The van der Waals surface area contributed by atoms with Gasteiger partial charge in [0.05, 0.1) is 0 Å². The topological polar surface area (TPSA) is 40.5 Å². The highest BCUT2D eigenvalue weighted by Gasteiger charge is 2.28. The first kappa shape index (κ1) is 12.9. The summed E-state index contributed by atoms with van der Waals surface area (Å²) in [5.74, 6) is 1.11. The van der Waals surface area contributed by atoms with Gasteiger partial charge in [-0.05, 0) is 31.6 Å². The van der Waals surface area contributed by atoms with Crippen molar-refractivity contribution < 1.29 is 9.90 Å². The molecule has 2 rings (SSSR count). The van der Waals surface area contributed by atoms with Gasteiger partial charge in [0.25, 0.3) is 0 Å². The number of carbonyl (C=O) groups is 1. The summed E-state index contributed by atoms with van der Waals surface area (Å²) in [5.41, 5.74) is 0. The molecular formula is C14H25NO2. The van der Waals surface area contributed by atoms with E-state index < -0.39 is 0 Å². The lowest BCUT2D eigenvalue weighted by atomic mass is 9.94. The van der Waals surface area contributed by atoms with Crippen molar-refractivity contribution in [1.29, 1.82) is 0 Å². The van der Waals surface area contributed by atoms with E-state index in [2.05, 4.69) is 0 Å². The molecule has 0 bridgehead atoms. The quantitative estimate of drug-likeness (QED) is 0.750. The number of hydrogen-bond acceptors (Lipinski definition) is 2. The van der Waals surface area contributed by atoms with E-state index >= 15 is 0 Å². The van der Waals surface area contributed by atoms with Crippen LogP contribution in [-0.4, -0.2) is 35.6 Å². The van der Waals surface area contributed by atoms with Gasteiger partial charge in [-0.25, -0.2) is 0 Å². The Morgan fingerprint density at radius 1 is 1.00 bits per heavy atom. The average Bonchev–Trinajstić information content (AvgIpc) is 2.67. The van der Waals surface area contributed by atoms with Crippen LogP contribution in [0, 0.1) is 11.8 Å². The van der Waals surface area contributed by atoms with Crippen LogP contribution in [0.2, 0.25) is 0 Å². The van der Waals surface area contributed by atoms with Crippen LogP contribution < -0.4 is 0 Å². The summed E-state index contributed by atoms with van der Waals surface area (Å²) in [4.78, 5) is 14.4. The van der Waals surface area contributed by atoms with Crippen LogP contribution in [-0.2, 0) is 4.79 Å². The third kappa shape index (κ3) is 3.44. The molecule has 2 aliphatic rings. The van der Waals surface area contributed by atoms with Crippen molar-refractivity contribution in [2.75, 3.05) is 19.7 Å². The molecule has 1 aliphatic carbocycles. The Bertz CT molecular complexity index is 239. The third-order valence-electron chi connectivity index (χ3n) is 4.39. The first-order valence-electron chi connectivity index (χ1n) is 7.21. The zero-order chi connectivity index (χ0) is 12.1. The average molecular weight is 239 g/mol. The number of piperidine rings is 1. The molecule has 0 radical (unpaired) electrons. The highest BCUT2D eigenvalue weighted by atomic mass is 16.3. The predicted octanol–water partition coefficient (Wildman–Crippen LogP) is 2.19. The standard InChI is InChI=1S/C14H25NO2/c16-11-12-7-9-15(10-8-12)14(17)13-5-3-1-2-4-6-13/h12-13,16H,1-11H2. The van der Waals surface area contributed by atoms with E-state index in [1.165, 1.54) is 25.7 Å². The number of hydrogen-bond donors (Lipinski definition) is 1. The molecule has 2 fully saturated rings. The molecule has 98 valence electrons. The van der Waals surface area contributed by atoms with Crippen LogP contribution in [0.25, 0.3) is 0 Å². The Hall–Kier alpha value is -0.570. The van der Waals surface area contributed by atoms with Crippen LogP contribution in [0.1, 0.15) is 51.4 Å². The largest absolute Gasteiger partial charge is 0.396 e. The van der Waals surface area contributed by atoms with Gasteiger partial charge in [-0.1, -0.05) is 25.7 Å². The molecule has 1 aliphatic heterocycles. The highest BCUT2D eigenvalue weighted by molar-refractivity contribution is 5.78. The molecule has 1 saturated heterocycles. The fourth-order valence-corrected chi connectivity index (χ4v) is 3.12. The molecule has 0 aromatic carbocycles. The van der Waals surface area contributed by atoms with Crippen LogP contribution in [0.15, 0.2) is 0 Å². The van der Waals surface area contributed by atoms with Crippen LogP contribution in [0.4, 0.5) is 0 Å². The molecule has 3 heteroatoms. The number of rotatable bonds is 2. The number of nitrogens with zero attached hydrogens (tertiary/aromatic N) is 1.